The van der Waals surface area contributed by atoms with E-state index < -0.39 is 0 Å². The summed E-state index contributed by atoms with van der Waals surface area (Å²) in [5, 5.41) is 3.66. The van der Waals surface area contributed by atoms with Crippen molar-refractivity contribution in [2.75, 3.05) is 0 Å². The summed E-state index contributed by atoms with van der Waals surface area (Å²) in [6.07, 6.45) is 8.15. The number of carbonyl (C=O) groups excluding carboxylic acids is 1. The van der Waals surface area contributed by atoms with Crippen LogP contribution < -0.4 is 5.32 Å². The Labute approximate surface area is 122 Å². The van der Waals surface area contributed by atoms with Gasteiger partial charge in [0, 0.05) is 23.6 Å². The van der Waals surface area contributed by atoms with Gasteiger partial charge in [-0.25, -0.2) is 0 Å². The average molecular weight is 271 g/mol. The summed E-state index contributed by atoms with van der Waals surface area (Å²) in [7, 11) is 0. The third-order valence-corrected chi connectivity index (χ3v) is 4.86. The Bertz CT molecular complexity index is 453. The molecule has 2 aliphatic rings. The number of nitrogens with one attached hydrogen (secondary N) is 1. The molecule has 0 radical (unpaired) electrons. The Balaban J connectivity index is 1.68. The van der Waals surface area contributed by atoms with Gasteiger partial charge in [0.05, 0.1) is 0 Å². The lowest BCUT2D eigenvalue weighted by Gasteiger charge is -2.39. The first-order valence-corrected chi connectivity index (χ1v) is 8.15. The second kappa shape index (κ2) is 6.09. The molecule has 1 aromatic rings. The normalized spacial score (nSPS) is 29.1. The molecule has 0 aromatic heterocycles. The van der Waals surface area contributed by atoms with Crippen LogP contribution in [0.2, 0.25) is 0 Å². The summed E-state index contributed by atoms with van der Waals surface area (Å²) in [6, 6.07) is 9.47. The minimum absolute atomic E-state index is 0.239. The minimum Gasteiger partial charge on any atom is -0.311 e. The maximum atomic E-state index is 12.7. The van der Waals surface area contributed by atoms with Crippen LogP contribution in [-0.2, 0) is 6.42 Å². The van der Waals surface area contributed by atoms with Crippen molar-refractivity contribution in [2.45, 2.75) is 64.0 Å². The molecule has 1 aromatic carbocycles. The van der Waals surface area contributed by atoms with Crippen molar-refractivity contribution in [1.82, 2.24) is 5.32 Å². The number of rotatable bonds is 4. The van der Waals surface area contributed by atoms with Gasteiger partial charge < -0.3 is 5.32 Å². The summed E-state index contributed by atoms with van der Waals surface area (Å²) in [5.74, 6) is 0.607. The Morgan fingerprint density at radius 2 is 1.80 bits per heavy atom. The molecule has 2 atom stereocenters. The number of hydrogen-bond acceptors (Lipinski definition) is 2. The zero-order valence-corrected chi connectivity index (χ0v) is 12.4. The smallest absolute Gasteiger partial charge is 0.166 e. The molecule has 2 heteroatoms. The zero-order chi connectivity index (χ0) is 13.9. The van der Waals surface area contributed by atoms with Crippen molar-refractivity contribution >= 4 is 5.78 Å². The van der Waals surface area contributed by atoms with E-state index in [4.69, 9.17) is 0 Å². The Hall–Kier alpha value is -1.15. The van der Waals surface area contributed by atoms with Gasteiger partial charge in [-0.2, -0.15) is 0 Å². The molecule has 0 aliphatic carbocycles. The summed E-state index contributed by atoms with van der Waals surface area (Å²) in [6.45, 7) is 2.19. The van der Waals surface area contributed by atoms with Crippen LogP contribution in [0.15, 0.2) is 24.3 Å². The number of ketones is 1. The van der Waals surface area contributed by atoms with Gasteiger partial charge >= 0.3 is 0 Å². The first-order valence-electron chi connectivity index (χ1n) is 8.15. The Morgan fingerprint density at radius 3 is 2.40 bits per heavy atom. The van der Waals surface area contributed by atoms with Gasteiger partial charge in [0.25, 0.3) is 0 Å². The van der Waals surface area contributed by atoms with Crippen LogP contribution in [0.5, 0.6) is 0 Å². The quantitative estimate of drug-likeness (QED) is 0.845. The highest BCUT2D eigenvalue weighted by Gasteiger charge is 2.34. The number of Topliss-reactive ketones (excluding diaryl/α,β-unsaturated/α-hetero) is 1. The van der Waals surface area contributed by atoms with E-state index in [1.807, 2.05) is 12.1 Å². The van der Waals surface area contributed by atoms with E-state index in [9.17, 15) is 4.79 Å². The van der Waals surface area contributed by atoms with E-state index >= 15 is 0 Å². The van der Waals surface area contributed by atoms with E-state index in [1.165, 1.54) is 24.8 Å². The maximum Gasteiger partial charge on any atom is 0.166 e. The minimum atomic E-state index is 0.239. The van der Waals surface area contributed by atoms with Crippen LogP contribution in [0.4, 0.5) is 0 Å². The van der Waals surface area contributed by atoms with Crippen LogP contribution in [0.3, 0.4) is 0 Å². The molecule has 20 heavy (non-hydrogen) atoms. The van der Waals surface area contributed by atoms with Gasteiger partial charge in [-0.15, -0.1) is 0 Å². The molecule has 2 heterocycles. The first kappa shape index (κ1) is 13.8. The summed E-state index contributed by atoms with van der Waals surface area (Å²) in [5.41, 5.74) is 2.25. The van der Waals surface area contributed by atoms with Gasteiger partial charge in [0.1, 0.15) is 0 Å². The largest absolute Gasteiger partial charge is 0.311 e. The van der Waals surface area contributed by atoms with E-state index in [0.29, 0.717) is 17.9 Å². The lowest BCUT2D eigenvalue weighted by Crippen LogP contribution is -2.50. The highest BCUT2D eigenvalue weighted by molar-refractivity contribution is 5.98. The zero-order valence-electron chi connectivity index (χ0n) is 12.4. The van der Waals surface area contributed by atoms with E-state index in [1.54, 1.807) is 0 Å². The summed E-state index contributed by atoms with van der Waals surface area (Å²) < 4.78 is 0. The standard InChI is InChI=1S/C18H25NO/c1-2-4-13-7-9-14(10-8-13)18(20)15-11-16-5-3-6-17(12-15)19-16/h7-10,15-17,19H,2-6,11-12H2,1H3. The SMILES string of the molecule is CCCc1ccc(C(=O)C2CC3CCCC(C2)N3)cc1. The molecule has 0 amide bonds. The van der Waals surface area contributed by atoms with Crippen molar-refractivity contribution in [2.24, 2.45) is 5.92 Å². The van der Waals surface area contributed by atoms with Gasteiger partial charge in [0.15, 0.2) is 5.78 Å². The lowest BCUT2D eigenvalue weighted by atomic mass is 9.77. The first-order chi connectivity index (χ1) is 9.76. The third kappa shape index (κ3) is 2.95. The topological polar surface area (TPSA) is 29.1 Å². The van der Waals surface area contributed by atoms with Crippen molar-refractivity contribution in [3.05, 3.63) is 35.4 Å². The van der Waals surface area contributed by atoms with Crippen LogP contribution in [0.1, 0.15) is 61.4 Å². The van der Waals surface area contributed by atoms with Gasteiger partial charge in [-0.1, -0.05) is 44.0 Å². The predicted molar refractivity (Wildman–Crippen MR) is 82.1 cm³/mol. The molecular formula is C18H25NO. The highest BCUT2D eigenvalue weighted by Crippen LogP contribution is 2.31. The molecule has 2 aliphatic heterocycles. The molecule has 2 unspecified atom stereocenters. The van der Waals surface area contributed by atoms with E-state index in [-0.39, 0.29) is 5.92 Å². The van der Waals surface area contributed by atoms with Crippen molar-refractivity contribution in [1.29, 1.82) is 0 Å². The van der Waals surface area contributed by atoms with Gasteiger partial charge in [-0.3, -0.25) is 4.79 Å². The van der Waals surface area contributed by atoms with E-state index in [2.05, 4.69) is 24.4 Å². The number of aryl methyl sites for hydroxylation is 1. The number of carbonyl (C=O) groups is 1. The number of fused-ring (bicyclic) bond motifs is 2. The fourth-order valence-electron chi connectivity index (χ4n) is 3.84. The molecular weight excluding hydrogens is 246 g/mol. The molecule has 0 spiro atoms. The van der Waals surface area contributed by atoms with Gasteiger partial charge in [-0.05, 0) is 37.7 Å². The lowest BCUT2D eigenvalue weighted by molar-refractivity contribution is 0.0825. The average Bonchev–Trinajstić information content (AvgIpc) is 2.47. The van der Waals surface area contributed by atoms with Crippen LogP contribution >= 0.6 is 0 Å². The molecule has 3 rings (SSSR count). The third-order valence-electron chi connectivity index (χ3n) is 4.86. The molecule has 2 nitrogen and oxygen atoms in total. The second-order valence-electron chi connectivity index (χ2n) is 6.47. The summed E-state index contributed by atoms with van der Waals surface area (Å²) in [4.78, 5) is 12.7. The maximum absolute atomic E-state index is 12.7. The van der Waals surface area contributed by atoms with Gasteiger partial charge in [0.2, 0.25) is 0 Å². The molecule has 108 valence electrons. The number of piperidine rings is 2. The fourth-order valence-corrected chi connectivity index (χ4v) is 3.84. The predicted octanol–water partition coefficient (Wildman–Crippen LogP) is 3.74. The molecule has 2 fully saturated rings. The van der Waals surface area contributed by atoms with Crippen LogP contribution in [0, 0.1) is 5.92 Å². The molecule has 1 N–H and O–H groups in total. The highest BCUT2D eigenvalue weighted by atomic mass is 16.1. The molecule has 0 saturated carbocycles. The number of hydrogen-bond donors (Lipinski definition) is 1. The van der Waals surface area contributed by atoms with Crippen molar-refractivity contribution < 1.29 is 4.79 Å². The van der Waals surface area contributed by atoms with Crippen LogP contribution in [-0.4, -0.2) is 17.9 Å². The number of benzene rings is 1. The fraction of sp³-hybridized carbons (Fsp3) is 0.611. The molecule has 2 saturated heterocycles. The Morgan fingerprint density at radius 1 is 1.15 bits per heavy atom. The summed E-state index contributed by atoms with van der Waals surface area (Å²) >= 11 is 0. The van der Waals surface area contributed by atoms with Crippen LogP contribution in [0.25, 0.3) is 0 Å². The molecule has 2 bridgehead atoms. The van der Waals surface area contributed by atoms with Crippen molar-refractivity contribution in [3.63, 3.8) is 0 Å². The Kier molecular flexibility index (Phi) is 4.21. The van der Waals surface area contributed by atoms with Crippen molar-refractivity contribution in [3.8, 4) is 0 Å². The monoisotopic (exact) mass is 271 g/mol. The second-order valence-corrected chi connectivity index (χ2v) is 6.47. The van der Waals surface area contributed by atoms with E-state index in [0.717, 1.165) is 31.2 Å².